The van der Waals surface area contributed by atoms with Crippen molar-refractivity contribution in [2.75, 3.05) is 5.32 Å². The minimum absolute atomic E-state index is 0.0815. The van der Waals surface area contributed by atoms with Crippen LogP contribution in [0.15, 0.2) is 94.7 Å². The summed E-state index contributed by atoms with van der Waals surface area (Å²) in [5.74, 6) is -1.92. The normalized spacial score (nSPS) is 11.8. The highest BCUT2D eigenvalue weighted by molar-refractivity contribution is 7.91. The number of nitrogens with one attached hydrogen (secondary N) is 1. The summed E-state index contributed by atoms with van der Waals surface area (Å²) in [4.78, 5) is 16.0. The molecule has 1 aromatic heterocycles. The predicted molar refractivity (Wildman–Crippen MR) is 100 cm³/mol. The largest absolute Gasteiger partial charge is 0.320 e. The first-order valence-corrected chi connectivity index (χ1v) is 9.44. The minimum atomic E-state index is -3.65. The Balaban J connectivity index is 1.74. The lowest BCUT2D eigenvalue weighted by Gasteiger charge is -2.07. The number of carbonyl (C=O) groups excluding carboxylic acids is 1. The average Bonchev–Trinajstić information content (AvgIpc) is 2.70. The highest BCUT2D eigenvalue weighted by atomic mass is 32.2. The van der Waals surface area contributed by atoms with Crippen molar-refractivity contribution in [3.63, 3.8) is 0 Å². The molecular weight excluding hydrogens is 367 g/mol. The summed E-state index contributed by atoms with van der Waals surface area (Å²) in [5, 5.41) is 2.38. The van der Waals surface area contributed by atoms with Crippen LogP contribution in [0.2, 0.25) is 0 Å². The van der Waals surface area contributed by atoms with Gasteiger partial charge in [0.2, 0.25) is 9.84 Å². The maximum Gasteiger partial charge on any atom is 0.284 e. The summed E-state index contributed by atoms with van der Waals surface area (Å²) in [6.07, 6.45) is 4.03. The smallest absolute Gasteiger partial charge is 0.284 e. The standard InChI is InChI=1S/C20H15FN2O3S/c21-19(13-15-5-4-12-22-14-15)20(24)23-16-8-10-18(11-9-16)27(25,26)17-6-2-1-3-7-17/h1-14H,(H,23,24). The Morgan fingerprint density at radius 3 is 2.22 bits per heavy atom. The number of halogens is 1. The van der Waals surface area contributed by atoms with Gasteiger partial charge in [-0.1, -0.05) is 24.3 Å². The van der Waals surface area contributed by atoms with Crippen molar-refractivity contribution in [1.29, 1.82) is 0 Å². The van der Waals surface area contributed by atoms with Crippen molar-refractivity contribution in [1.82, 2.24) is 4.98 Å². The lowest BCUT2D eigenvalue weighted by atomic mass is 10.2. The quantitative estimate of drug-likeness (QED) is 0.680. The van der Waals surface area contributed by atoms with E-state index in [0.717, 1.165) is 6.08 Å². The van der Waals surface area contributed by atoms with Crippen molar-refractivity contribution < 1.29 is 17.6 Å². The van der Waals surface area contributed by atoms with Gasteiger partial charge in [0.25, 0.3) is 5.91 Å². The molecule has 0 unspecified atom stereocenters. The third-order valence-electron chi connectivity index (χ3n) is 3.67. The molecular formula is C20H15FN2O3S. The molecule has 3 rings (SSSR count). The maximum absolute atomic E-state index is 14.0. The van der Waals surface area contributed by atoms with Crippen LogP contribution >= 0.6 is 0 Å². The Hall–Kier alpha value is -3.32. The Kier molecular flexibility index (Phi) is 5.42. The van der Waals surface area contributed by atoms with Crippen LogP contribution in [0.3, 0.4) is 0 Å². The van der Waals surface area contributed by atoms with Crippen LogP contribution in [0, 0.1) is 0 Å². The van der Waals surface area contributed by atoms with E-state index in [1.807, 2.05) is 0 Å². The van der Waals surface area contributed by atoms with E-state index in [4.69, 9.17) is 0 Å². The molecule has 2 aromatic carbocycles. The van der Waals surface area contributed by atoms with Gasteiger partial charge in [-0.25, -0.2) is 12.8 Å². The van der Waals surface area contributed by atoms with Crippen molar-refractivity contribution in [2.45, 2.75) is 9.79 Å². The van der Waals surface area contributed by atoms with E-state index in [1.54, 1.807) is 36.5 Å². The minimum Gasteiger partial charge on any atom is -0.320 e. The van der Waals surface area contributed by atoms with Crippen LogP contribution in [0.5, 0.6) is 0 Å². The molecule has 27 heavy (non-hydrogen) atoms. The van der Waals surface area contributed by atoms with Crippen LogP contribution in [0.1, 0.15) is 5.56 Å². The average molecular weight is 382 g/mol. The van der Waals surface area contributed by atoms with Gasteiger partial charge in [0, 0.05) is 18.1 Å². The second kappa shape index (κ2) is 7.92. The number of amides is 1. The van der Waals surface area contributed by atoms with Crippen molar-refractivity contribution in [3.05, 3.63) is 90.5 Å². The van der Waals surface area contributed by atoms with Gasteiger partial charge in [-0.3, -0.25) is 9.78 Å². The molecule has 0 aliphatic heterocycles. The third-order valence-corrected chi connectivity index (χ3v) is 5.46. The summed E-state index contributed by atoms with van der Waals surface area (Å²) in [5.41, 5.74) is 0.733. The van der Waals surface area contributed by atoms with E-state index in [2.05, 4.69) is 10.3 Å². The fourth-order valence-electron chi connectivity index (χ4n) is 2.32. The Morgan fingerprint density at radius 2 is 1.59 bits per heavy atom. The van der Waals surface area contributed by atoms with E-state index in [1.165, 1.54) is 42.6 Å². The Bertz CT molecular complexity index is 1070. The van der Waals surface area contributed by atoms with Crippen LogP contribution in [-0.2, 0) is 14.6 Å². The molecule has 5 nitrogen and oxygen atoms in total. The molecule has 1 amide bonds. The number of pyridine rings is 1. The molecule has 1 N–H and O–H groups in total. The third kappa shape index (κ3) is 4.45. The molecule has 7 heteroatoms. The SMILES string of the molecule is O=C(Nc1ccc(S(=O)(=O)c2ccccc2)cc1)C(F)=Cc1cccnc1. The van der Waals surface area contributed by atoms with Gasteiger partial charge in [0.1, 0.15) is 0 Å². The fourth-order valence-corrected chi connectivity index (χ4v) is 3.60. The summed E-state index contributed by atoms with van der Waals surface area (Å²) >= 11 is 0. The van der Waals surface area contributed by atoms with E-state index in [9.17, 15) is 17.6 Å². The first kappa shape index (κ1) is 18.5. The molecule has 136 valence electrons. The lowest BCUT2D eigenvalue weighted by molar-refractivity contribution is -0.114. The Labute approximate surface area is 156 Å². The zero-order chi connectivity index (χ0) is 19.3. The summed E-state index contributed by atoms with van der Waals surface area (Å²) in [6.45, 7) is 0. The van der Waals surface area contributed by atoms with E-state index >= 15 is 0 Å². The molecule has 0 radical (unpaired) electrons. The highest BCUT2D eigenvalue weighted by Crippen LogP contribution is 2.22. The number of hydrogen-bond donors (Lipinski definition) is 1. The van der Waals surface area contributed by atoms with Gasteiger partial charge in [0.05, 0.1) is 9.79 Å². The number of benzene rings is 2. The number of aromatic nitrogens is 1. The van der Waals surface area contributed by atoms with Gasteiger partial charge in [-0.2, -0.15) is 0 Å². The van der Waals surface area contributed by atoms with Gasteiger partial charge in [0.15, 0.2) is 5.83 Å². The summed E-state index contributed by atoms with van der Waals surface area (Å²) in [7, 11) is -3.65. The van der Waals surface area contributed by atoms with Gasteiger partial charge in [-0.15, -0.1) is 0 Å². The number of carbonyl (C=O) groups is 1. The number of nitrogens with zero attached hydrogens (tertiary/aromatic N) is 1. The molecule has 0 spiro atoms. The van der Waals surface area contributed by atoms with Crippen molar-refractivity contribution >= 4 is 27.5 Å². The van der Waals surface area contributed by atoms with Crippen LogP contribution < -0.4 is 5.32 Å². The molecule has 0 saturated heterocycles. The molecule has 0 aliphatic carbocycles. The zero-order valence-electron chi connectivity index (χ0n) is 14.0. The van der Waals surface area contributed by atoms with Gasteiger partial charge in [-0.05, 0) is 54.1 Å². The molecule has 3 aromatic rings. The number of sulfone groups is 1. The highest BCUT2D eigenvalue weighted by Gasteiger charge is 2.17. The number of hydrogen-bond acceptors (Lipinski definition) is 4. The summed E-state index contributed by atoms with van der Waals surface area (Å²) < 4.78 is 39.0. The van der Waals surface area contributed by atoms with Crippen molar-refractivity contribution in [3.8, 4) is 0 Å². The molecule has 0 bridgehead atoms. The van der Waals surface area contributed by atoms with E-state index in [-0.39, 0.29) is 15.5 Å². The number of anilines is 1. The van der Waals surface area contributed by atoms with Crippen LogP contribution in [-0.4, -0.2) is 19.3 Å². The van der Waals surface area contributed by atoms with Crippen molar-refractivity contribution in [2.24, 2.45) is 0 Å². The van der Waals surface area contributed by atoms with Crippen LogP contribution in [0.4, 0.5) is 10.1 Å². The van der Waals surface area contributed by atoms with E-state index < -0.39 is 21.6 Å². The molecule has 0 fully saturated rings. The second-order valence-electron chi connectivity index (χ2n) is 5.57. The predicted octanol–water partition coefficient (Wildman–Crippen LogP) is 3.86. The monoisotopic (exact) mass is 382 g/mol. The first-order valence-electron chi connectivity index (χ1n) is 7.95. The molecule has 0 atom stereocenters. The first-order chi connectivity index (χ1) is 13.0. The Morgan fingerprint density at radius 1 is 0.926 bits per heavy atom. The fraction of sp³-hybridized carbons (Fsp3) is 0. The molecule has 1 heterocycles. The van der Waals surface area contributed by atoms with Gasteiger partial charge < -0.3 is 5.32 Å². The lowest BCUT2D eigenvalue weighted by Crippen LogP contribution is -2.12. The topological polar surface area (TPSA) is 76.1 Å². The maximum atomic E-state index is 14.0. The summed E-state index contributed by atoms with van der Waals surface area (Å²) in [6, 6.07) is 16.8. The second-order valence-corrected chi connectivity index (χ2v) is 7.52. The zero-order valence-corrected chi connectivity index (χ0v) is 14.9. The van der Waals surface area contributed by atoms with E-state index in [0.29, 0.717) is 5.56 Å². The molecule has 0 saturated carbocycles. The molecule has 0 aliphatic rings. The number of rotatable bonds is 5. The van der Waals surface area contributed by atoms with Gasteiger partial charge >= 0.3 is 0 Å². The van der Waals surface area contributed by atoms with Crippen LogP contribution in [0.25, 0.3) is 6.08 Å².